The Bertz CT molecular complexity index is 475. The van der Waals surface area contributed by atoms with E-state index in [0.717, 1.165) is 4.47 Å². The fourth-order valence-corrected chi connectivity index (χ4v) is 2.05. The zero-order valence-electron chi connectivity index (χ0n) is 11.9. The summed E-state index contributed by atoms with van der Waals surface area (Å²) < 4.78 is 14.5. The molecule has 0 fully saturated rings. The van der Waals surface area contributed by atoms with Crippen molar-refractivity contribution in [1.82, 2.24) is 10.2 Å². The molecule has 0 saturated carbocycles. The number of amides is 2. The summed E-state index contributed by atoms with van der Waals surface area (Å²) in [6.07, 6.45) is 0. The van der Waals surface area contributed by atoms with E-state index in [0.29, 0.717) is 5.56 Å². The molecule has 0 spiro atoms. The van der Waals surface area contributed by atoms with Gasteiger partial charge in [-0.15, -0.1) is 0 Å². The smallest absolute Gasteiger partial charge is 0.318 e. The molecule has 0 radical (unpaired) electrons. The first-order chi connectivity index (χ1) is 9.23. The van der Waals surface area contributed by atoms with Crippen LogP contribution in [0.25, 0.3) is 0 Å². The lowest BCUT2D eigenvalue weighted by atomic mass is 10.1. The molecule has 0 atom stereocenters. The van der Waals surface area contributed by atoms with Gasteiger partial charge in [-0.05, 0) is 39.0 Å². The van der Waals surface area contributed by atoms with E-state index in [-0.39, 0.29) is 37.1 Å². The number of hydrogen-bond acceptors (Lipinski definition) is 2. The Balaban J connectivity index is 2.86. The molecule has 0 aliphatic carbocycles. The van der Waals surface area contributed by atoms with Crippen molar-refractivity contribution in [3.8, 4) is 0 Å². The molecule has 1 aromatic rings. The average molecular weight is 347 g/mol. The van der Waals surface area contributed by atoms with Crippen molar-refractivity contribution in [3.63, 3.8) is 0 Å². The van der Waals surface area contributed by atoms with E-state index in [1.807, 2.05) is 20.8 Å². The molecule has 1 aromatic carbocycles. The number of carbonyl (C=O) groups excluding carboxylic acids is 1. The van der Waals surface area contributed by atoms with E-state index >= 15 is 0 Å². The van der Waals surface area contributed by atoms with Crippen molar-refractivity contribution < 1.29 is 14.3 Å². The van der Waals surface area contributed by atoms with Crippen molar-refractivity contribution in [2.75, 3.05) is 13.2 Å². The molecule has 0 unspecified atom stereocenters. The van der Waals surface area contributed by atoms with Crippen LogP contribution in [0.2, 0.25) is 0 Å². The molecule has 0 aromatic heterocycles. The third-order valence-electron chi connectivity index (χ3n) is 2.51. The van der Waals surface area contributed by atoms with Crippen LogP contribution in [0.3, 0.4) is 0 Å². The summed E-state index contributed by atoms with van der Waals surface area (Å²) in [5.74, 6) is -0.375. The molecule has 112 valence electrons. The maximum atomic E-state index is 13.7. The van der Waals surface area contributed by atoms with Crippen LogP contribution in [0.1, 0.15) is 26.3 Å². The number of benzene rings is 1. The maximum absolute atomic E-state index is 13.7. The first-order valence-electron chi connectivity index (χ1n) is 6.35. The predicted octanol–water partition coefficient (Wildman–Crippen LogP) is 2.89. The molecule has 6 heteroatoms. The van der Waals surface area contributed by atoms with Crippen molar-refractivity contribution in [1.29, 1.82) is 0 Å². The van der Waals surface area contributed by atoms with Gasteiger partial charge >= 0.3 is 6.03 Å². The van der Waals surface area contributed by atoms with Crippen LogP contribution < -0.4 is 5.32 Å². The van der Waals surface area contributed by atoms with Gasteiger partial charge in [0.2, 0.25) is 0 Å². The summed E-state index contributed by atoms with van der Waals surface area (Å²) in [6.45, 7) is 5.67. The van der Waals surface area contributed by atoms with Gasteiger partial charge in [-0.2, -0.15) is 0 Å². The number of carbonyl (C=O) groups is 1. The van der Waals surface area contributed by atoms with Gasteiger partial charge in [0.25, 0.3) is 0 Å². The molecule has 20 heavy (non-hydrogen) atoms. The zero-order valence-corrected chi connectivity index (χ0v) is 13.5. The van der Waals surface area contributed by atoms with E-state index in [2.05, 4.69) is 21.2 Å². The summed E-state index contributed by atoms with van der Waals surface area (Å²) in [6, 6.07) is 4.25. The molecular formula is C14H20BrFN2O2. The molecule has 0 bridgehead atoms. The predicted molar refractivity (Wildman–Crippen MR) is 79.9 cm³/mol. The van der Waals surface area contributed by atoms with Gasteiger partial charge in [0.15, 0.2) is 0 Å². The van der Waals surface area contributed by atoms with E-state index in [1.54, 1.807) is 12.1 Å². The highest BCUT2D eigenvalue weighted by Gasteiger charge is 2.20. The number of rotatable bonds is 4. The van der Waals surface area contributed by atoms with Crippen LogP contribution in [0.4, 0.5) is 9.18 Å². The highest BCUT2D eigenvalue weighted by molar-refractivity contribution is 9.10. The summed E-state index contributed by atoms with van der Waals surface area (Å²) in [5.41, 5.74) is 0.0116. The number of halogens is 2. The van der Waals surface area contributed by atoms with Crippen LogP contribution in [-0.2, 0) is 6.54 Å². The lowest BCUT2D eigenvalue weighted by Crippen LogP contribution is -2.49. The highest BCUT2D eigenvalue weighted by Crippen LogP contribution is 2.17. The van der Waals surface area contributed by atoms with Crippen molar-refractivity contribution >= 4 is 22.0 Å². The first kappa shape index (κ1) is 16.9. The second-order valence-corrected chi connectivity index (χ2v) is 6.48. The van der Waals surface area contributed by atoms with Crippen LogP contribution >= 0.6 is 15.9 Å². The average Bonchev–Trinajstić information content (AvgIpc) is 2.31. The molecule has 0 heterocycles. The molecule has 4 nitrogen and oxygen atoms in total. The minimum atomic E-state index is -0.388. The first-order valence-corrected chi connectivity index (χ1v) is 7.14. The van der Waals surface area contributed by atoms with Gasteiger partial charge in [-0.1, -0.05) is 15.9 Å². The Kier molecular flexibility index (Phi) is 5.95. The minimum Gasteiger partial charge on any atom is -0.395 e. The third kappa shape index (κ3) is 5.46. The van der Waals surface area contributed by atoms with Crippen molar-refractivity contribution in [2.24, 2.45) is 0 Å². The Morgan fingerprint density at radius 1 is 1.45 bits per heavy atom. The molecule has 2 amide bonds. The summed E-state index contributed by atoms with van der Waals surface area (Å²) in [5, 5.41) is 11.9. The van der Waals surface area contributed by atoms with Crippen LogP contribution in [0.15, 0.2) is 22.7 Å². The van der Waals surface area contributed by atoms with Crippen LogP contribution in [0, 0.1) is 5.82 Å². The normalized spacial score (nSPS) is 11.3. The molecular weight excluding hydrogens is 327 g/mol. The highest BCUT2D eigenvalue weighted by atomic mass is 79.9. The summed E-state index contributed by atoms with van der Waals surface area (Å²) >= 11 is 3.28. The number of nitrogens with one attached hydrogen (secondary N) is 1. The quantitative estimate of drug-likeness (QED) is 0.880. The van der Waals surface area contributed by atoms with E-state index < -0.39 is 0 Å². The zero-order chi connectivity index (χ0) is 15.3. The van der Waals surface area contributed by atoms with Gasteiger partial charge in [-0.25, -0.2) is 9.18 Å². The van der Waals surface area contributed by atoms with E-state index in [1.165, 1.54) is 11.0 Å². The van der Waals surface area contributed by atoms with Gasteiger partial charge in [0, 0.05) is 22.1 Å². The molecule has 0 aliphatic heterocycles. The van der Waals surface area contributed by atoms with Crippen molar-refractivity contribution in [3.05, 3.63) is 34.1 Å². The third-order valence-corrected chi connectivity index (χ3v) is 3.00. The number of aliphatic hydroxyl groups is 1. The second kappa shape index (κ2) is 7.04. The fraction of sp³-hybridized carbons (Fsp3) is 0.500. The monoisotopic (exact) mass is 346 g/mol. The van der Waals surface area contributed by atoms with E-state index in [9.17, 15) is 9.18 Å². The second-order valence-electron chi connectivity index (χ2n) is 5.56. The number of nitrogens with zero attached hydrogens (tertiary/aromatic N) is 1. The standard InChI is InChI=1S/C14H20BrFN2O2/c1-14(2,3)17-13(20)18(6-7-19)9-10-8-11(15)4-5-12(10)16/h4-5,8,19H,6-7,9H2,1-3H3,(H,17,20). The Morgan fingerprint density at radius 2 is 2.10 bits per heavy atom. The molecule has 0 saturated heterocycles. The van der Waals surface area contributed by atoms with Gasteiger partial charge < -0.3 is 15.3 Å². The van der Waals surface area contributed by atoms with Gasteiger partial charge in [0.05, 0.1) is 13.2 Å². The van der Waals surface area contributed by atoms with Crippen LogP contribution in [-0.4, -0.2) is 34.7 Å². The lowest BCUT2D eigenvalue weighted by Gasteiger charge is -2.28. The Hall–Kier alpha value is -1.14. The number of urea groups is 1. The summed E-state index contributed by atoms with van der Waals surface area (Å²) in [7, 11) is 0. The topological polar surface area (TPSA) is 52.6 Å². The number of hydrogen-bond donors (Lipinski definition) is 2. The maximum Gasteiger partial charge on any atom is 0.318 e. The number of aliphatic hydroxyl groups excluding tert-OH is 1. The minimum absolute atomic E-state index is 0.105. The van der Waals surface area contributed by atoms with Gasteiger partial charge in [-0.3, -0.25) is 0 Å². The molecule has 0 aliphatic rings. The lowest BCUT2D eigenvalue weighted by molar-refractivity contribution is 0.166. The Morgan fingerprint density at radius 3 is 2.65 bits per heavy atom. The fourth-order valence-electron chi connectivity index (χ4n) is 1.64. The molecule has 2 N–H and O–H groups in total. The summed E-state index contributed by atoms with van der Waals surface area (Å²) in [4.78, 5) is 13.5. The van der Waals surface area contributed by atoms with Gasteiger partial charge in [0.1, 0.15) is 5.82 Å². The van der Waals surface area contributed by atoms with Crippen LogP contribution in [0.5, 0.6) is 0 Å². The van der Waals surface area contributed by atoms with Crippen molar-refractivity contribution in [2.45, 2.75) is 32.9 Å². The van der Waals surface area contributed by atoms with E-state index in [4.69, 9.17) is 5.11 Å². The molecule has 1 rings (SSSR count). The SMILES string of the molecule is CC(C)(C)NC(=O)N(CCO)Cc1cc(Br)ccc1F. The Labute approximate surface area is 127 Å². The largest absolute Gasteiger partial charge is 0.395 e.